The van der Waals surface area contributed by atoms with E-state index in [1.54, 1.807) is 0 Å². The molecule has 0 bridgehead atoms. The van der Waals surface area contributed by atoms with Crippen molar-refractivity contribution in [3.8, 4) is 0 Å². The van der Waals surface area contributed by atoms with Crippen molar-refractivity contribution in [1.29, 1.82) is 0 Å². The van der Waals surface area contributed by atoms with Crippen LogP contribution in [0.3, 0.4) is 0 Å². The molecule has 1 aromatic carbocycles. The van der Waals surface area contributed by atoms with E-state index >= 15 is 0 Å². The van der Waals surface area contributed by atoms with Crippen LogP contribution in [0.1, 0.15) is 47.1 Å². The molecule has 0 spiro atoms. The Morgan fingerprint density at radius 2 is 1.57 bits per heavy atom. The smallest absolute Gasteiger partial charge is 0.399 e. The Morgan fingerprint density at radius 1 is 1.00 bits per heavy atom. The second-order valence-corrected chi connectivity index (χ2v) is 6.79. The summed E-state index contributed by atoms with van der Waals surface area (Å²) in [5.74, 6) is 0. The number of benzene rings is 1. The van der Waals surface area contributed by atoms with E-state index in [1.807, 2.05) is 0 Å². The fourth-order valence-corrected chi connectivity index (χ4v) is 2.52. The Hall–Kier alpha value is -0.835. The topological polar surface area (TPSA) is 21.7 Å². The van der Waals surface area contributed by atoms with Crippen LogP contribution in [-0.2, 0) is 15.9 Å². The maximum atomic E-state index is 6.13. The van der Waals surface area contributed by atoms with Gasteiger partial charge in [0.2, 0.25) is 0 Å². The van der Waals surface area contributed by atoms with Crippen molar-refractivity contribution in [1.82, 2.24) is 4.90 Å². The van der Waals surface area contributed by atoms with Gasteiger partial charge in [-0.3, -0.25) is 4.90 Å². The minimum absolute atomic E-state index is 0.272. The fourth-order valence-electron chi connectivity index (χ4n) is 2.52. The Kier molecular flexibility index (Phi) is 4.81. The molecule has 0 radical (unpaired) electrons. The van der Waals surface area contributed by atoms with Gasteiger partial charge in [-0.25, -0.2) is 0 Å². The molecule has 1 aromatic rings. The van der Waals surface area contributed by atoms with Crippen molar-refractivity contribution in [2.24, 2.45) is 0 Å². The summed E-state index contributed by atoms with van der Waals surface area (Å²) >= 11 is 0. The summed E-state index contributed by atoms with van der Waals surface area (Å²) in [5, 5.41) is 0. The third-order valence-electron chi connectivity index (χ3n) is 4.78. The molecule has 0 amide bonds. The van der Waals surface area contributed by atoms with E-state index in [4.69, 9.17) is 9.31 Å². The van der Waals surface area contributed by atoms with Crippen LogP contribution in [0.5, 0.6) is 0 Å². The lowest BCUT2D eigenvalue weighted by molar-refractivity contribution is 0.00578. The molecule has 1 fully saturated rings. The molecule has 0 aliphatic carbocycles. The van der Waals surface area contributed by atoms with Gasteiger partial charge in [0.1, 0.15) is 0 Å². The third-order valence-corrected chi connectivity index (χ3v) is 4.78. The Morgan fingerprint density at radius 3 is 2.10 bits per heavy atom. The molecule has 1 heterocycles. The summed E-state index contributed by atoms with van der Waals surface area (Å²) < 4.78 is 12.3. The molecular formula is C17H28BNO2. The fraction of sp³-hybridized carbons (Fsp3) is 0.647. The van der Waals surface area contributed by atoms with Gasteiger partial charge in [0, 0.05) is 6.54 Å². The molecule has 1 aliphatic heterocycles. The maximum Gasteiger partial charge on any atom is 0.494 e. The molecule has 0 saturated carbocycles. The molecule has 1 aliphatic rings. The lowest BCUT2D eigenvalue weighted by Crippen LogP contribution is -2.41. The van der Waals surface area contributed by atoms with Gasteiger partial charge in [0.05, 0.1) is 11.2 Å². The van der Waals surface area contributed by atoms with Gasteiger partial charge in [0.25, 0.3) is 0 Å². The van der Waals surface area contributed by atoms with E-state index in [1.165, 1.54) is 5.56 Å². The Labute approximate surface area is 129 Å². The zero-order chi connectivity index (χ0) is 15.7. The maximum absolute atomic E-state index is 6.13. The van der Waals surface area contributed by atoms with Gasteiger partial charge >= 0.3 is 7.12 Å². The Bertz CT molecular complexity index is 467. The second kappa shape index (κ2) is 6.11. The number of hydrogen-bond acceptors (Lipinski definition) is 3. The molecule has 2 rings (SSSR count). The normalized spacial score (nSPS) is 20.2. The summed E-state index contributed by atoms with van der Waals surface area (Å²) in [6, 6.07) is 8.57. The standard InChI is InChI=1S/C17H28BNO2/c1-7-19(8-2)13-14-10-9-11-15(12-14)18-20-16(3,4)17(5,6)21-18/h9-12H,7-8,13H2,1-6H3. The van der Waals surface area contributed by atoms with Crippen molar-refractivity contribution < 1.29 is 9.31 Å². The van der Waals surface area contributed by atoms with Crippen molar-refractivity contribution >= 4 is 12.6 Å². The van der Waals surface area contributed by atoms with Gasteiger partial charge in [0.15, 0.2) is 0 Å². The molecule has 0 N–H and O–H groups in total. The van der Waals surface area contributed by atoms with Crippen molar-refractivity contribution in [3.63, 3.8) is 0 Å². The zero-order valence-corrected chi connectivity index (χ0v) is 14.3. The van der Waals surface area contributed by atoms with E-state index < -0.39 is 0 Å². The summed E-state index contributed by atoms with van der Waals surface area (Å²) in [6.45, 7) is 15.9. The highest BCUT2D eigenvalue weighted by atomic mass is 16.7. The highest BCUT2D eigenvalue weighted by Gasteiger charge is 2.51. The number of hydrogen-bond donors (Lipinski definition) is 0. The number of nitrogens with zero attached hydrogens (tertiary/aromatic N) is 1. The van der Waals surface area contributed by atoms with Gasteiger partial charge in [-0.1, -0.05) is 38.1 Å². The highest BCUT2D eigenvalue weighted by molar-refractivity contribution is 6.62. The van der Waals surface area contributed by atoms with E-state index in [-0.39, 0.29) is 18.3 Å². The first-order chi connectivity index (χ1) is 9.79. The van der Waals surface area contributed by atoms with Crippen molar-refractivity contribution in [2.45, 2.75) is 59.3 Å². The van der Waals surface area contributed by atoms with Gasteiger partial charge in [-0.15, -0.1) is 0 Å². The van der Waals surface area contributed by atoms with E-state index in [0.29, 0.717) is 0 Å². The summed E-state index contributed by atoms with van der Waals surface area (Å²) in [5.41, 5.74) is 1.85. The third kappa shape index (κ3) is 3.50. The molecular weight excluding hydrogens is 261 g/mol. The molecule has 0 unspecified atom stereocenters. The lowest BCUT2D eigenvalue weighted by atomic mass is 9.78. The molecule has 4 heteroatoms. The predicted molar refractivity (Wildman–Crippen MR) is 88.8 cm³/mol. The molecule has 21 heavy (non-hydrogen) atoms. The number of rotatable bonds is 5. The predicted octanol–water partition coefficient (Wildman–Crippen LogP) is 2.83. The van der Waals surface area contributed by atoms with Crippen LogP contribution in [0.25, 0.3) is 0 Å². The summed E-state index contributed by atoms with van der Waals surface area (Å²) in [7, 11) is -0.272. The van der Waals surface area contributed by atoms with Gasteiger partial charge in [-0.05, 0) is 51.8 Å². The van der Waals surface area contributed by atoms with Gasteiger partial charge < -0.3 is 9.31 Å². The van der Waals surface area contributed by atoms with Crippen LogP contribution < -0.4 is 5.46 Å². The second-order valence-electron chi connectivity index (χ2n) is 6.79. The lowest BCUT2D eigenvalue weighted by Gasteiger charge is -2.32. The van der Waals surface area contributed by atoms with E-state index in [9.17, 15) is 0 Å². The monoisotopic (exact) mass is 289 g/mol. The first kappa shape index (κ1) is 16.5. The van der Waals surface area contributed by atoms with Crippen molar-refractivity contribution in [2.75, 3.05) is 13.1 Å². The van der Waals surface area contributed by atoms with Crippen LogP contribution >= 0.6 is 0 Å². The van der Waals surface area contributed by atoms with Crippen LogP contribution in [0.2, 0.25) is 0 Å². The van der Waals surface area contributed by atoms with Gasteiger partial charge in [-0.2, -0.15) is 0 Å². The molecule has 116 valence electrons. The average molecular weight is 289 g/mol. The molecule has 1 saturated heterocycles. The highest BCUT2D eigenvalue weighted by Crippen LogP contribution is 2.36. The summed E-state index contributed by atoms with van der Waals surface area (Å²) in [6.07, 6.45) is 0. The Balaban J connectivity index is 2.15. The minimum Gasteiger partial charge on any atom is -0.399 e. The molecule has 0 aromatic heterocycles. The zero-order valence-electron chi connectivity index (χ0n) is 14.3. The SMILES string of the molecule is CCN(CC)Cc1cccc(B2OC(C)(C)C(C)(C)O2)c1. The summed E-state index contributed by atoms with van der Waals surface area (Å²) in [4.78, 5) is 2.41. The molecule has 0 atom stereocenters. The van der Waals surface area contributed by atoms with E-state index in [2.05, 4.69) is 70.7 Å². The first-order valence-electron chi connectivity index (χ1n) is 7.96. The minimum atomic E-state index is -0.285. The van der Waals surface area contributed by atoms with E-state index in [0.717, 1.165) is 25.1 Å². The quantitative estimate of drug-likeness (QED) is 0.778. The largest absolute Gasteiger partial charge is 0.494 e. The van der Waals surface area contributed by atoms with Crippen LogP contribution in [0.15, 0.2) is 24.3 Å². The first-order valence-corrected chi connectivity index (χ1v) is 7.96. The van der Waals surface area contributed by atoms with Crippen LogP contribution in [0.4, 0.5) is 0 Å². The van der Waals surface area contributed by atoms with Crippen LogP contribution in [-0.4, -0.2) is 36.3 Å². The van der Waals surface area contributed by atoms with Crippen molar-refractivity contribution in [3.05, 3.63) is 29.8 Å². The van der Waals surface area contributed by atoms with Crippen LogP contribution in [0, 0.1) is 0 Å². The average Bonchev–Trinajstić information content (AvgIpc) is 2.65. The molecule has 3 nitrogen and oxygen atoms in total.